The van der Waals surface area contributed by atoms with Gasteiger partial charge in [0.05, 0.1) is 9.79 Å². The Morgan fingerprint density at radius 1 is 0.300 bits per heavy atom. The van der Waals surface area contributed by atoms with E-state index < -0.39 is 20.0 Å². The number of unbranched alkanes of at least 4 members (excludes halogenated alkanes) is 36. The standard InChI is InChI=1S/C60H106Cl2N2O4S2/c1-5-9-13-17-21-25-29-33-37-41-49-63(50-42-38-34-30-26-22-18-14-10-6-2)69(65,66)59-53-55(61)45-47-57(59)58-48-46-56(62)54-60(58)70(67,68)64(51-43-39-35-31-27-23-19-15-11-7-3)52-44-40-36-32-28-24-20-16-12-8-4/h45-48,53-54H,5-44,49-52H2,1-4H3. The lowest BCUT2D eigenvalue weighted by molar-refractivity contribution is 0.382. The maximum absolute atomic E-state index is 15.1. The van der Waals surface area contributed by atoms with E-state index in [2.05, 4.69) is 27.7 Å². The van der Waals surface area contributed by atoms with Crippen LogP contribution >= 0.6 is 23.2 Å². The van der Waals surface area contributed by atoms with Crippen molar-refractivity contribution in [3.05, 3.63) is 46.4 Å². The predicted octanol–water partition coefficient (Wildman–Crippen LogP) is 20.3. The van der Waals surface area contributed by atoms with Crippen molar-refractivity contribution in [3.63, 3.8) is 0 Å². The molecule has 0 saturated heterocycles. The first kappa shape index (κ1) is 65.0. The van der Waals surface area contributed by atoms with E-state index in [4.69, 9.17) is 23.2 Å². The van der Waals surface area contributed by atoms with E-state index in [9.17, 15) is 0 Å². The van der Waals surface area contributed by atoms with Gasteiger partial charge in [-0.1, -0.05) is 294 Å². The highest BCUT2D eigenvalue weighted by molar-refractivity contribution is 7.89. The van der Waals surface area contributed by atoms with Gasteiger partial charge >= 0.3 is 0 Å². The highest BCUT2D eigenvalue weighted by atomic mass is 35.5. The zero-order valence-electron chi connectivity index (χ0n) is 45.7. The van der Waals surface area contributed by atoms with Gasteiger partial charge in [-0.3, -0.25) is 0 Å². The third-order valence-electron chi connectivity index (χ3n) is 14.5. The van der Waals surface area contributed by atoms with Crippen LogP contribution in [-0.2, 0) is 20.0 Å². The van der Waals surface area contributed by atoms with Crippen LogP contribution in [0.2, 0.25) is 10.0 Å². The van der Waals surface area contributed by atoms with Crippen LogP contribution in [0.25, 0.3) is 11.1 Å². The minimum absolute atomic E-state index is 0.0638. The van der Waals surface area contributed by atoms with Crippen molar-refractivity contribution in [2.45, 2.75) is 294 Å². The highest BCUT2D eigenvalue weighted by Crippen LogP contribution is 2.38. The van der Waals surface area contributed by atoms with Crippen LogP contribution in [0.3, 0.4) is 0 Å². The van der Waals surface area contributed by atoms with Gasteiger partial charge in [0, 0.05) is 47.4 Å². The largest absolute Gasteiger partial charge is 0.243 e. The zero-order chi connectivity index (χ0) is 51.0. The monoisotopic (exact) mass is 1050 g/mol. The summed E-state index contributed by atoms with van der Waals surface area (Å²) in [5.74, 6) is 0. The fraction of sp³-hybridized carbons (Fsp3) is 0.800. The summed E-state index contributed by atoms with van der Waals surface area (Å²) < 4.78 is 63.9. The van der Waals surface area contributed by atoms with Crippen molar-refractivity contribution in [2.75, 3.05) is 26.2 Å². The van der Waals surface area contributed by atoms with Crippen molar-refractivity contribution in [1.29, 1.82) is 0 Å². The Balaban J connectivity index is 2.37. The van der Waals surface area contributed by atoms with Crippen LogP contribution in [0, 0.1) is 0 Å². The molecule has 6 nitrogen and oxygen atoms in total. The van der Waals surface area contributed by atoms with Gasteiger partial charge in [0.25, 0.3) is 0 Å². The van der Waals surface area contributed by atoms with Gasteiger partial charge in [-0.2, -0.15) is 8.61 Å². The fourth-order valence-corrected chi connectivity index (χ4v) is 13.9. The van der Waals surface area contributed by atoms with E-state index in [1.165, 1.54) is 192 Å². The molecule has 0 saturated carbocycles. The first-order chi connectivity index (χ1) is 34.0. The molecule has 0 amide bonds. The Labute approximate surface area is 444 Å². The molecule has 0 spiro atoms. The molecule has 70 heavy (non-hydrogen) atoms. The molecule has 406 valence electrons. The smallest absolute Gasteiger partial charge is 0.207 e. The molecule has 0 aliphatic rings. The van der Waals surface area contributed by atoms with E-state index in [0.29, 0.717) is 47.4 Å². The predicted molar refractivity (Wildman–Crippen MR) is 307 cm³/mol. The molecule has 0 N–H and O–H groups in total. The lowest BCUT2D eigenvalue weighted by Crippen LogP contribution is -2.34. The number of halogens is 2. The Morgan fingerprint density at radius 2 is 0.486 bits per heavy atom. The number of benzene rings is 2. The van der Waals surface area contributed by atoms with E-state index in [-0.39, 0.29) is 9.79 Å². The minimum atomic E-state index is -4.07. The second kappa shape index (κ2) is 42.1. The van der Waals surface area contributed by atoms with E-state index >= 15 is 16.8 Å². The summed E-state index contributed by atoms with van der Waals surface area (Å²) >= 11 is 13.4. The van der Waals surface area contributed by atoms with Crippen LogP contribution < -0.4 is 0 Å². The molecule has 0 radical (unpaired) electrons. The van der Waals surface area contributed by atoms with Crippen LogP contribution in [0.5, 0.6) is 0 Å². The topological polar surface area (TPSA) is 74.8 Å². The molecule has 2 rings (SSSR count). The maximum atomic E-state index is 15.1. The summed E-state index contributed by atoms with van der Waals surface area (Å²) in [5.41, 5.74) is 0.710. The molecule has 0 unspecified atom stereocenters. The average molecular weight is 1050 g/mol. The molecule has 0 fully saturated rings. The summed E-state index contributed by atoms with van der Waals surface area (Å²) in [6.45, 7) is 10.7. The number of nitrogens with zero attached hydrogens (tertiary/aromatic N) is 2. The van der Waals surface area contributed by atoms with Crippen LogP contribution in [0.15, 0.2) is 46.2 Å². The number of rotatable bonds is 49. The van der Waals surface area contributed by atoms with Crippen LogP contribution in [0.4, 0.5) is 0 Å². The summed E-state index contributed by atoms with van der Waals surface area (Å²) in [5, 5.41) is 0.615. The van der Waals surface area contributed by atoms with Gasteiger partial charge in [-0.05, 0) is 49.9 Å². The number of hydrogen-bond donors (Lipinski definition) is 0. The van der Waals surface area contributed by atoms with Crippen LogP contribution in [0.1, 0.15) is 285 Å². The molecule has 0 atom stereocenters. The quantitative estimate of drug-likeness (QED) is 0.0619. The van der Waals surface area contributed by atoms with Crippen molar-refractivity contribution < 1.29 is 16.8 Å². The Kier molecular flexibility index (Phi) is 39.1. The summed E-state index contributed by atoms with van der Waals surface area (Å²) in [4.78, 5) is 0.128. The SMILES string of the molecule is CCCCCCCCCCCCN(CCCCCCCCCCCC)S(=O)(=O)c1cc(Cl)ccc1-c1ccc(Cl)cc1S(=O)(=O)N(CCCCCCCCCCCC)CCCCCCCCCCCC. The lowest BCUT2D eigenvalue weighted by Gasteiger charge is -2.26. The fourth-order valence-electron chi connectivity index (χ4n) is 9.95. The lowest BCUT2D eigenvalue weighted by atomic mass is 10.1. The van der Waals surface area contributed by atoms with Gasteiger partial charge < -0.3 is 0 Å². The van der Waals surface area contributed by atoms with Crippen molar-refractivity contribution in [2.24, 2.45) is 0 Å². The maximum Gasteiger partial charge on any atom is 0.243 e. The van der Waals surface area contributed by atoms with Gasteiger partial charge in [0.1, 0.15) is 0 Å². The highest BCUT2D eigenvalue weighted by Gasteiger charge is 2.32. The molecule has 2 aromatic carbocycles. The first-order valence-electron chi connectivity index (χ1n) is 29.6. The molecule has 2 aromatic rings. The Bertz CT molecular complexity index is 1610. The van der Waals surface area contributed by atoms with Gasteiger partial charge in [0.15, 0.2) is 0 Å². The summed E-state index contributed by atoms with van der Waals surface area (Å²) in [6.07, 6.45) is 46.9. The van der Waals surface area contributed by atoms with E-state index in [0.717, 1.165) is 77.0 Å². The number of sulfonamides is 2. The second-order valence-electron chi connectivity index (χ2n) is 20.8. The third-order valence-corrected chi connectivity index (χ3v) is 18.8. The van der Waals surface area contributed by atoms with E-state index in [1.54, 1.807) is 32.9 Å². The second-order valence-corrected chi connectivity index (χ2v) is 25.5. The number of hydrogen-bond acceptors (Lipinski definition) is 4. The molecule has 0 aliphatic heterocycles. The molecule has 0 heterocycles. The Hall–Kier alpha value is -1.16. The van der Waals surface area contributed by atoms with Gasteiger partial charge in [0.2, 0.25) is 20.0 Å². The molecular weight excluding hydrogens is 948 g/mol. The summed E-state index contributed by atoms with van der Waals surface area (Å²) in [7, 11) is -8.14. The van der Waals surface area contributed by atoms with E-state index in [1.807, 2.05) is 0 Å². The normalized spacial score (nSPS) is 12.3. The van der Waals surface area contributed by atoms with Gasteiger partial charge in [-0.15, -0.1) is 0 Å². The Morgan fingerprint density at radius 3 is 0.686 bits per heavy atom. The minimum Gasteiger partial charge on any atom is -0.207 e. The average Bonchev–Trinajstić information content (AvgIpc) is 3.34. The zero-order valence-corrected chi connectivity index (χ0v) is 48.8. The van der Waals surface area contributed by atoms with Crippen molar-refractivity contribution in [3.8, 4) is 11.1 Å². The molecule has 0 aliphatic carbocycles. The molecular formula is C60H106Cl2N2O4S2. The third kappa shape index (κ3) is 28.5. The molecule has 10 heteroatoms. The first-order valence-corrected chi connectivity index (χ1v) is 33.3. The molecule has 0 aromatic heterocycles. The van der Waals surface area contributed by atoms with Gasteiger partial charge in [-0.25, -0.2) is 16.8 Å². The van der Waals surface area contributed by atoms with Crippen LogP contribution in [-0.4, -0.2) is 51.6 Å². The van der Waals surface area contributed by atoms with Crippen molar-refractivity contribution in [1.82, 2.24) is 8.61 Å². The summed E-state index contributed by atoms with van der Waals surface area (Å²) in [6, 6.07) is 9.83. The molecule has 0 bridgehead atoms. The van der Waals surface area contributed by atoms with Crippen molar-refractivity contribution >= 4 is 43.2 Å².